The Morgan fingerprint density at radius 2 is 2.05 bits per heavy atom. The monoisotopic (exact) mass is 258 g/mol. The van der Waals surface area contributed by atoms with Gasteiger partial charge in [-0.15, -0.1) is 0 Å². The molecule has 0 aliphatic rings. The molecule has 1 N–H and O–H groups in total. The van der Waals surface area contributed by atoms with Gasteiger partial charge in [-0.05, 0) is 19.9 Å². The molecule has 0 amide bonds. The first-order valence-electron chi connectivity index (χ1n) is 6.11. The van der Waals surface area contributed by atoms with Crippen LogP contribution >= 0.6 is 0 Å². The molecule has 2 aromatic rings. The average molecular weight is 258 g/mol. The van der Waals surface area contributed by atoms with Crippen LogP contribution in [0.5, 0.6) is 0 Å². The highest BCUT2D eigenvalue weighted by atomic mass is 15.2. The summed E-state index contributed by atoms with van der Waals surface area (Å²) in [6.07, 6.45) is 5.08. The lowest BCUT2D eigenvalue weighted by molar-refractivity contribution is 0.811. The molecule has 6 nitrogen and oxygen atoms in total. The van der Waals surface area contributed by atoms with E-state index < -0.39 is 0 Å². The Bertz CT molecular complexity index is 540. The van der Waals surface area contributed by atoms with E-state index in [1.807, 2.05) is 45.1 Å². The topological polar surface area (TPSA) is 66.8 Å². The summed E-state index contributed by atoms with van der Waals surface area (Å²) in [5, 5.41) is 3.24. The summed E-state index contributed by atoms with van der Waals surface area (Å²) < 4.78 is 0. The van der Waals surface area contributed by atoms with Gasteiger partial charge in [-0.25, -0.2) is 15.0 Å². The van der Waals surface area contributed by atoms with E-state index in [0.29, 0.717) is 5.95 Å². The number of aromatic nitrogens is 4. The quantitative estimate of drug-likeness (QED) is 0.902. The number of hydrogen-bond acceptors (Lipinski definition) is 6. The third-order valence-electron chi connectivity index (χ3n) is 2.76. The molecule has 2 rings (SSSR count). The van der Waals surface area contributed by atoms with E-state index in [9.17, 15) is 0 Å². The Morgan fingerprint density at radius 1 is 1.26 bits per heavy atom. The highest BCUT2D eigenvalue weighted by molar-refractivity contribution is 5.48. The smallest absolute Gasteiger partial charge is 0.225 e. The maximum Gasteiger partial charge on any atom is 0.225 e. The molecule has 1 atom stereocenters. The van der Waals surface area contributed by atoms with Crippen molar-refractivity contribution in [3.05, 3.63) is 36.0 Å². The molecular weight excluding hydrogens is 240 g/mol. The molecule has 0 aliphatic carbocycles. The second kappa shape index (κ2) is 5.60. The van der Waals surface area contributed by atoms with Gasteiger partial charge in [0.15, 0.2) is 0 Å². The van der Waals surface area contributed by atoms with Crippen molar-refractivity contribution in [1.82, 2.24) is 19.9 Å². The summed E-state index contributed by atoms with van der Waals surface area (Å²) in [6, 6.07) is 1.90. The number of nitrogens with zero attached hydrogens (tertiary/aromatic N) is 5. The SMILES string of the molecule is Cc1cnc(N[C@H](C)c2ccncn2)nc1N(C)C. The fourth-order valence-corrected chi connectivity index (χ4v) is 1.78. The van der Waals surface area contributed by atoms with Crippen molar-refractivity contribution in [2.24, 2.45) is 0 Å². The van der Waals surface area contributed by atoms with Gasteiger partial charge in [0, 0.05) is 32.1 Å². The number of rotatable bonds is 4. The fourth-order valence-electron chi connectivity index (χ4n) is 1.78. The highest BCUT2D eigenvalue weighted by Crippen LogP contribution is 2.18. The van der Waals surface area contributed by atoms with E-state index in [1.54, 1.807) is 6.20 Å². The summed E-state index contributed by atoms with van der Waals surface area (Å²) in [5.41, 5.74) is 1.95. The maximum atomic E-state index is 4.50. The van der Waals surface area contributed by atoms with Crippen LogP contribution in [0.3, 0.4) is 0 Å². The van der Waals surface area contributed by atoms with Gasteiger partial charge in [0.1, 0.15) is 12.1 Å². The van der Waals surface area contributed by atoms with Crippen LogP contribution in [0.25, 0.3) is 0 Å². The van der Waals surface area contributed by atoms with Crippen LogP contribution in [0.2, 0.25) is 0 Å². The van der Waals surface area contributed by atoms with Crippen LogP contribution in [-0.2, 0) is 0 Å². The summed E-state index contributed by atoms with van der Waals surface area (Å²) in [6.45, 7) is 4.01. The molecule has 6 heteroatoms. The Balaban J connectivity index is 2.18. The molecule has 0 spiro atoms. The van der Waals surface area contributed by atoms with Crippen molar-refractivity contribution in [2.45, 2.75) is 19.9 Å². The fraction of sp³-hybridized carbons (Fsp3) is 0.385. The Labute approximate surface area is 113 Å². The van der Waals surface area contributed by atoms with Crippen molar-refractivity contribution in [2.75, 3.05) is 24.3 Å². The minimum Gasteiger partial charge on any atom is -0.362 e. The van der Waals surface area contributed by atoms with Gasteiger partial charge >= 0.3 is 0 Å². The first-order chi connectivity index (χ1) is 9.08. The molecule has 0 aliphatic heterocycles. The van der Waals surface area contributed by atoms with Crippen molar-refractivity contribution in [1.29, 1.82) is 0 Å². The van der Waals surface area contributed by atoms with Gasteiger partial charge in [-0.3, -0.25) is 0 Å². The molecular formula is C13H18N6. The molecule has 100 valence electrons. The zero-order chi connectivity index (χ0) is 13.8. The van der Waals surface area contributed by atoms with Crippen LogP contribution in [0.1, 0.15) is 24.2 Å². The third-order valence-corrected chi connectivity index (χ3v) is 2.76. The van der Waals surface area contributed by atoms with Gasteiger partial charge in [0.25, 0.3) is 0 Å². The van der Waals surface area contributed by atoms with Gasteiger partial charge in [-0.2, -0.15) is 4.98 Å². The highest BCUT2D eigenvalue weighted by Gasteiger charge is 2.10. The lowest BCUT2D eigenvalue weighted by atomic mass is 10.2. The van der Waals surface area contributed by atoms with Gasteiger partial charge in [0.05, 0.1) is 11.7 Å². The van der Waals surface area contributed by atoms with Crippen molar-refractivity contribution in [3.8, 4) is 0 Å². The predicted octanol–water partition coefficient (Wildman–Crippen LogP) is 1.81. The van der Waals surface area contributed by atoms with Crippen LogP contribution < -0.4 is 10.2 Å². The Hall–Kier alpha value is -2.24. The summed E-state index contributed by atoms with van der Waals surface area (Å²) in [7, 11) is 3.93. The first-order valence-corrected chi connectivity index (χ1v) is 6.11. The first kappa shape index (κ1) is 13.2. The molecule has 19 heavy (non-hydrogen) atoms. The predicted molar refractivity (Wildman–Crippen MR) is 75.2 cm³/mol. The van der Waals surface area contributed by atoms with Crippen molar-refractivity contribution in [3.63, 3.8) is 0 Å². The molecule has 2 heterocycles. The minimum absolute atomic E-state index is 0.0284. The third kappa shape index (κ3) is 3.15. The number of hydrogen-bond donors (Lipinski definition) is 1. The van der Waals surface area contributed by atoms with Gasteiger partial charge < -0.3 is 10.2 Å². The molecule has 0 unspecified atom stereocenters. The minimum atomic E-state index is 0.0284. The summed E-state index contributed by atoms with van der Waals surface area (Å²) in [5.74, 6) is 1.51. The van der Waals surface area contributed by atoms with Gasteiger partial charge in [-0.1, -0.05) is 0 Å². The Kier molecular flexibility index (Phi) is 3.89. The standard InChI is InChI=1S/C13H18N6/c1-9-7-15-13(18-12(9)19(3)4)17-10(2)11-5-6-14-8-16-11/h5-8,10H,1-4H3,(H,15,17,18)/t10-/m1/s1. The lowest BCUT2D eigenvalue weighted by Crippen LogP contribution is -2.16. The van der Waals surface area contributed by atoms with Crippen LogP contribution in [0.15, 0.2) is 24.8 Å². The average Bonchev–Trinajstić information content (AvgIpc) is 2.41. The van der Waals surface area contributed by atoms with Crippen LogP contribution in [0, 0.1) is 6.92 Å². The largest absolute Gasteiger partial charge is 0.362 e. The molecule has 0 saturated heterocycles. The molecule has 0 bridgehead atoms. The molecule has 2 aromatic heterocycles. The van der Waals surface area contributed by atoms with E-state index in [-0.39, 0.29) is 6.04 Å². The Morgan fingerprint density at radius 3 is 2.68 bits per heavy atom. The van der Waals surface area contributed by atoms with E-state index in [4.69, 9.17) is 0 Å². The number of anilines is 2. The summed E-state index contributed by atoms with van der Waals surface area (Å²) >= 11 is 0. The number of nitrogens with one attached hydrogen (secondary N) is 1. The van der Waals surface area contributed by atoms with Gasteiger partial charge in [0.2, 0.25) is 5.95 Å². The van der Waals surface area contributed by atoms with E-state index in [0.717, 1.165) is 17.1 Å². The molecule has 0 fully saturated rings. The normalized spacial score (nSPS) is 12.0. The van der Waals surface area contributed by atoms with Crippen molar-refractivity contribution >= 4 is 11.8 Å². The zero-order valence-electron chi connectivity index (χ0n) is 11.6. The number of aryl methyl sites for hydroxylation is 1. The van der Waals surface area contributed by atoms with Crippen molar-refractivity contribution < 1.29 is 0 Å². The van der Waals surface area contributed by atoms with Crippen LogP contribution in [0.4, 0.5) is 11.8 Å². The van der Waals surface area contributed by atoms with E-state index >= 15 is 0 Å². The van der Waals surface area contributed by atoms with E-state index in [1.165, 1.54) is 6.33 Å². The van der Waals surface area contributed by atoms with E-state index in [2.05, 4.69) is 25.3 Å². The second-order valence-electron chi connectivity index (χ2n) is 4.59. The van der Waals surface area contributed by atoms with Crippen LogP contribution in [-0.4, -0.2) is 34.0 Å². The molecule has 0 saturated carbocycles. The maximum absolute atomic E-state index is 4.50. The molecule has 0 aromatic carbocycles. The zero-order valence-corrected chi connectivity index (χ0v) is 11.6. The summed E-state index contributed by atoms with van der Waals surface area (Å²) in [4.78, 5) is 18.9. The second-order valence-corrected chi connectivity index (χ2v) is 4.59. The molecule has 0 radical (unpaired) electrons. The lowest BCUT2D eigenvalue weighted by Gasteiger charge is -2.17.